The summed E-state index contributed by atoms with van der Waals surface area (Å²) >= 11 is 0. The Morgan fingerprint density at radius 3 is 2.13 bits per heavy atom. The number of hydrogen-bond acceptors (Lipinski definition) is 4. The Hall–Kier alpha value is -3.73. The van der Waals surface area contributed by atoms with Crippen molar-refractivity contribution in [2.45, 2.75) is 26.2 Å². The molecule has 1 amide bonds. The summed E-state index contributed by atoms with van der Waals surface area (Å²) in [5.41, 5.74) is 3.11. The first-order chi connectivity index (χ1) is 15.0. The van der Waals surface area contributed by atoms with Crippen LogP contribution in [0.4, 0.5) is 5.69 Å². The Morgan fingerprint density at radius 1 is 0.871 bits per heavy atom. The first kappa shape index (κ1) is 20.5. The minimum absolute atomic E-state index is 0.157. The maximum atomic E-state index is 12.8. The molecule has 0 spiro atoms. The molecule has 5 heteroatoms. The van der Waals surface area contributed by atoms with E-state index < -0.39 is 0 Å². The fraction of sp³-hybridized carbons (Fsp3) is 0.192. The van der Waals surface area contributed by atoms with Gasteiger partial charge in [0.05, 0.1) is 0 Å². The highest BCUT2D eigenvalue weighted by atomic mass is 16.5. The van der Waals surface area contributed by atoms with Crippen LogP contribution >= 0.6 is 0 Å². The zero-order chi connectivity index (χ0) is 22.0. The number of ether oxygens (including phenoxy) is 1. The van der Waals surface area contributed by atoms with Crippen molar-refractivity contribution in [3.8, 4) is 5.75 Å². The van der Waals surface area contributed by atoms with Crippen LogP contribution in [0.25, 0.3) is 0 Å². The number of nitrogens with one attached hydrogen (secondary N) is 1. The summed E-state index contributed by atoms with van der Waals surface area (Å²) in [6.07, 6.45) is 1.06. The number of anilines is 1. The number of rotatable bonds is 6. The lowest BCUT2D eigenvalue weighted by atomic mass is 9.84. The second kappa shape index (κ2) is 8.56. The monoisotopic (exact) mass is 413 g/mol. The molecular weight excluding hydrogens is 390 g/mol. The number of fused-ring (bicyclic) bond motifs is 2. The van der Waals surface area contributed by atoms with Crippen LogP contribution < -0.4 is 10.1 Å². The van der Waals surface area contributed by atoms with Crippen LogP contribution in [0.15, 0.2) is 66.7 Å². The molecular formula is C26H23NO4. The molecule has 0 fully saturated rings. The lowest BCUT2D eigenvalue weighted by Gasteiger charge is -2.18. The predicted octanol–water partition coefficient (Wildman–Crippen LogP) is 4.99. The highest BCUT2D eigenvalue weighted by Gasteiger charge is 2.29. The summed E-state index contributed by atoms with van der Waals surface area (Å²) in [6.45, 7) is 4.15. The van der Waals surface area contributed by atoms with E-state index in [1.807, 2.05) is 24.3 Å². The van der Waals surface area contributed by atoms with Crippen molar-refractivity contribution in [1.29, 1.82) is 0 Å². The van der Waals surface area contributed by atoms with Crippen molar-refractivity contribution in [2.24, 2.45) is 0 Å². The molecule has 156 valence electrons. The molecule has 1 aliphatic carbocycles. The summed E-state index contributed by atoms with van der Waals surface area (Å²) < 4.78 is 5.57. The minimum Gasteiger partial charge on any atom is -0.484 e. The van der Waals surface area contributed by atoms with Gasteiger partial charge in [-0.05, 0) is 48.2 Å². The van der Waals surface area contributed by atoms with Crippen LogP contribution in [-0.4, -0.2) is 24.1 Å². The molecule has 31 heavy (non-hydrogen) atoms. The Balaban J connectivity index is 1.43. The van der Waals surface area contributed by atoms with Crippen LogP contribution in [0, 0.1) is 0 Å². The third kappa shape index (κ3) is 4.12. The quantitative estimate of drug-likeness (QED) is 0.483. The van der Waals surface area contributed by atoms with Gasteiger partial charge in [0, 0.05) is 27.9 Å². The van der Waals surface area contributed by atoms with Crippen molar-refractivity contribution >= 4 is 23.2 Å². The lowest BCUT2D eigenvalue weighted by Crippen LogP contribution is -2.23. The molecule has 0 radical (unpaired) electrons. The number of benzene rings is 3. The van der Waals surface area contributed by atoms with Crippen molar-refractivity contribution in [2.75, 3.05) is 11.9 Å². The SMILES string of the molecule is CC[C@H](C)c1ccc(OCC(=O)Nc2ccc3c(c2)C(=O)c2ccccc2C3=O)cc1. The molecule has 5 nitrogen and oxygen atoms in total. The van der Waals surface area contributed by atoms with Gasteiger partial charge in [-0.15, -0.1) is 0 Å². The predicted molar refractivity (Wildman–Crippen MR) is 119 cm³/mol. The molecule has 4 rings (SSSR count). The summed E-state index contributed by atoms with van der Waals surface area (Å²) in [5.74, 6) is 0.333. The molecule has 0 unspecified atom stereocenters. The maximum absolute atomic E-state index is 12.8. The van der Waals surface area contributed by atoms with E-state index in [0.717, 1.165) is 6.42 Å². The molecule has 0 aromatic heterocycles. The topological polar surface area (TPSA) is 72.5 Å². The Labute approximate surface area is 181 Å². The van der Waals surface area contributed by atoms with Crippen molar-refractivity contribution in [1.82, 2.24) is 0 Å². The third-order valence-corrected chi connectivity index (χ3v) is 5.64. The van der Waals surface area contributed by atoms with Crippen molar-refractivity contribution in [3.63, 3.8) is 0 Å². The van der Waals surface area contributed by atoms with E-state index in [1.165, 1.54) is 5.56 Å². The van der Waals surface area contributed by atoms with E-state index >= 15 is 0 Å². The second-order valence-corrected chi connectivity index (χ2v) is 7.68. The fourth-order valence-corrected chi connectivity index (χ4v) is 3.65. The van der Waals surface area contributed by atoms with Crippen LogP contribution in [-0.2, 0) is 4.79 Å². The third-order valence-electron chi connectivity index (χ3n) is 5.64. The number of amides is 1. The van der Waals surface area contributed by atoms with Gasteiger partial charge in [-0.1, -0.05) is 50.2 Å². The van der Waals surface area contributed by atoms with E-state index in [-0.39, 0.29) is 24.1 Å². The molecule has 1 atom stereocenters. The molecule has 0 saturated heterocycles. The van der Waals surface area contributed by atoms with Crippen LogP contribution in [0.5, 0.6) is 5.75 Å². The van der Waals surface area contributed by atoms with Gasteiger partial charge >= 0.3 is 0 Å². The number of hydrogen-bond donors (Lipinski definition) is 1. The zero-order valence-corrected chi connectivity index (χ0v) is 17.5. The van der Waals surface area contributed by atoms with Gasteiger partial charge in [0.1, 0.15) is 5.75 Å². The highest BCUT2D eigenvalue weighted by Crippen LogP contribution is 2.29. The van der Waals surface area contributed by atoms with Crippen LogP contribution in [0.2, 0.25) is 0 Å². The molecule has 0 aliphatic heterocycles. The van der Waals surface area contributed by atoms with E-state index in [4.69, 9.17) is 4.74 Å². The van der Waals surface area contributed by atoms with E-state index in [2.05, 4.69) is 19.2 Å². The summed E-state index contributed by atoms with van der Waals surface area (Å²) in [7, 11) is 0. The van der Waals surface area contributed by atoms with Crippen LogP contribution in [0.3, 0.4) is 0 Å². The summed E-state index contributed by atoms with van der Waals surface area (Å²) in [6, 6.07) is 19.2. The molecule has 0 heterocycles. The minimum atomic E-state index is -0.346. The molecule has 1 aliphatic rings. The van der Waals surface area contributed by atoms with Crippen molar-refractivity contribution < 1.29 is 19.1 Å². The van der Waals surface area contributed by atoms with Gasteiger partial charge in [0.2, 0.25) is 0 Å². The van der Waals surface area contributed by atoms with E-state index in [0.29, 0.717) is 39.6 Å². The summed E-state index contributed by atoms with van der Waals surface area (Å²) in [4.78, 5) is 37.8. The molecule has 0 bridgehead atoms. The lowest BCUT2D eigenvalue weighted by molar-refractivity contribution is -0.118. The molecule has 0 saturated carbocycles. The van der Waals surface area contributed by atoms with Gasteiger partial charge in [-0.3, -0.25) is 14.4 Å². The molecule has 1 N–H and O–H groups in total. The van der Waals surface area contributed by atoms with E-state index in [1.54, 1.807) is 42.5 Å². The second-order valence-electron chi connectivity index (χ2n) is 7.68. The summed E-state index contributed by atoms with van der Waals surface area (Å²) in [5, 5.41) is 2.73. The van der Waals surface area contributed by atoms with Crippen molar-refractivity contribution in [3.05, 3.63) is 94.5 Å². The average Bonchev–Trinajstić information content (AvgIpc) is 2.81. The van der Waals surface area contributed by atoms with E-state index in [9.17, 15) is 14.4 Å². The zero-order valence-electron chi connectivity index (χ0n) is 17.5. The largest absolute Gasteiger partial charge is 0.484 e. The number of ketones is 2. The number of carbonyl (C=O) groups is 3. The molecule has 3 aromatic rings. The van der Waals surface area contributed by atoms with Gasteiger partial charge in [0.25, 0.3) is 5.91 Å². The van der Waals surface area contributed by atoms with Gasteiger partial charge < -0.3 is 10.1 Å². The highest BCUT2D eigenvalue weighted by molar-refractivity contribution is 6.28. The normalized spacial score (nSPS) is 13.2. The Kier molecular flexibility index (Phi) is 5.67. The fourth-order valence-electron chi connectivity index (χ4n) is 3.65. The maximum Gasteiger partial charge on any atom is 0.262 e. The Bertz CT molecular complexity index is 1160. The molecule has 3 aromatic carbocycles. The van der Waals surface area contributed by atoms with Gasteiger partial charge in [0.15, 0.2) is 18.2 Å². The first-order valence-corrected chi connectivity index (χ1v) is 10.3. The van der Waals surface area contributed by atoms with Gasteiger partial charge in [-0.2, -0.15) is 0 Å². The number of carbonyl (C=O) groups excluding carboxylic acids is 3. The standard InChI is InChI=1S/C26H23NO4/c1-3-16(2)17-8-11-19(12-9-17)31-15-24(28)27-18-10-13-22-23(14-18)26(30)21-7-5-4-6-20(21)25(22)29/h4-14,16H,3,15H2,1-2H3,(H,27,28)/t16-/m0/s1. The van der Waals surface area contributed by atoms with Gasteiger partial charge in [-0.25, -0.2) is 0 Å². The Morgan fingerprint density at radius 2 is 1.48 bits per heavy atom. The average molecular weight is 413 g/mol. The smallest absolute Gasteiger partial charge is 0.262 e. The van der Waals surface area contributed by atoms with Crippen LogP contribution in [0.1, 0.15) is 63.6 Å². The first-order valence-electron chi connectivity index (χ1n) is 10.3.